The van der Waals surface area contributed by atoms with Gasteiger partial charge in [-0.3, -0.25) is 0 Å². The van der Waals surface area contributed by atoms with Gasteiger partial charge in [0.2, 0.25) is 0 Å². The van der Waals surface area contributed by atoms with E-state index in [4.69, 9.17) is 5.73 Å². The fourth-order valence-electron chi connectivity index (χ4n) is 2.05. The first-order valence-electron chi connectivity index (χ1n) is 6.14. The molecule has 0 aliphatic rings. The minimum atomic E-state index is -0.0760. The van der Waals surface area contributed by atoms with Gasteiger partial charge in [-0.25, -0.2) is 4.98 Å². The van der Waals surface area contributed by atoms with E-state index in [1.165, 1.54) is 11.5 Å². The number of aromatic amines is 1. The Hall–Kier alpha value is -1.47. The number of hydrogen-bond acceptors (Lipinski definition) is 5. The van der Waals surface area contributed by atoms with Gasteiger partial charge in [0.15, 0.2) is 5.82 Å². The Morgan fingerprint density at radius 2 is 2.05 bits per heavy atom. The number of hydrogen-bond donors (Lipinski definition) is 2. The van der Waals surface area contributed by atoms with Crippen molar-refractivity contribution in [1.82, 2.24) is 19.6 Å². The highest BCUT2D eigenvalue weighted by atomic mass is 79.9. The molecule has 2 heterocycles. The number of aromatic nitrogens is 4. The normalized spacial score (nSPS) is 12.2. The predicted molar refractivity (Wildman–Crippen MR) is 85.8 cm³/mol. The summed E-state index contributed by atoms with van der Waals surface area (Å²) in [7, 11) is 0. The van der Waals surface area contributed by atoms with Gasteiger partial charge in [0.1, 0.15) is 10.4 Å². The molecule has 3 aromatic rings. The molecular weight excluding hydrogens is 338 g/mol. The number of H-pyrrole nitrogens is 1. The van der Waals surface area contributed by atoms with E-state index < -0.39 is 0 Å². The van der Waals surface area contributed by atoms with E-state index in [9.17, 15) is 0 Å². The third-order valence-corrected chi connectivity index (χ3v) is 4.18. The number of nitrogens with zero attached hydrogens (tertiary/aromatic N) is 3. The van der Waals surface area contributed by atoms with Crippen LogP contribution < -0.4 is 5.73 Å². The van der Waals surface area contributed by atoms with Crippen molar-refractivity contribution in [2.75, 3.05) is 5.73 Å². The molecular formula is C13H14BrN5S. The number of imidazole rings is 1. The second-order valence-electron chi connectivity index (χ2n) is 5.68. The molecule has 0 radical (unpaired) electrons. The van der Waals surface area contributed by atoms with Crippen molar-refractivity contribution in [2.24, 2.45) is 0 Å². The highest BCUT2D eigenvalue weighted by molar-refractivity contribution is 9.10. The fraction of sp³-hybridized carbons (Fsp3) is 0.308. The molecule has 0 bridgehead atoms. The van der Waals surface area contributed by atoms with Crippen LogP contribution in [0.5, 0.6) is 0 Å². The van der Waals surface area contributed by atoms with Crippen LogP contribution in [0.25, 0.3) is 21.7 Å². The average Bonchev–Trinajstić information content (AvgIpc) is 2.91. The molecule has 0 amide bonds. The summed E-state index contributed by atoms with van der Waals surface area (Å²) in [5.74, 6) is 0.768. The lowest BCUT2D eigenvalue weighted by Crippen LogP contribution is -2.13. The molecule has 0 fully saturated rings. The summed E-state index contributed by atoms with van der Waals surface area (Å²) in [5.41, 5.74) is 9.20. The first-order valence-corrected chi connectivity index (χ1v) is 7.71. The van der Waals surface area contributed by atoms with Crippen molar-refractivity contribution in [3.63, 3.8) is 0 Å². The maximum Gasteiger partial charge on any atom is 0.152 e. The maximum absolute atomic E-state index is 6.01. The van der Waals surface area contributed by atoms with Gasteiger partial charge in [-0.2, -0.15) is 0 Å². The number of nitrogens with two attached hydrogens (primary N) is 1. The summed E-state index contributed by atoms with van der Waals surface area (Å²) in [4.78, 5) is 8.86. The Kier molecular flexibility index (Phi) is 3.06. The molecule has 20 heavy (non-hydrogen) atoms. The smallest absolute Gasteiger partial charge is 0.152 e. The van der Waals surface area contributed by atoms with Gasteiger partial charge in [0.25, 0.3) is 0 Å². The molecule has 0 atom stereocenters. The van der Waals surface area contributed by atoms with Gasteiger partial charge in [-0.05, 0) is 23.7 Å². The maximum atomic E-state index is 6.01. The van der Waals surface area contributed by atoms with E-state index in [0.29, 0.717) is 5.69 Å². The second kappa shape index (κ2) is 4.53. The third kappa shape index (κ3) is 2.20. The number of rotatable bonds is 1. The quantitative estimate of drug-likeness (QED) is 0.654. The average molecular weight is 352 g/mol. The van der Waals surface area contributed by atoms with Gasteiger partial charge in [0.05, 0.1) is 16.9 Å². The van der Waals surface area contributed by atoms with Gasteiger partial charge in [-0.15, -0.1) is 5.10 Å². The SMILES string of the molecule is CC(C)(C)c1nnsc1-c1nc2c(N)cc(Br)cc2[nH]1. The third-order valence-electron chi connectivity index (χ3n) is 2.99. The molecule has 0 saturated carbocycles. The monoisotopic (exact) mass is 351 g/mol. The molecule has 3 rings (SSSR count). The van der Waals surface area contributed by atoms with Crippen LogP contribution in [0, 0.1) is 0 Å². The molecule has 2 aromatic heterocycles. The Balaban J connectivity index is 2.21. The lowest BCUT2D eigenvalue weighted by Gasteiger charge is -2.15. The first kappa shape index (κ1) is 13.5. The van der Waals surface area contributed by atoms with Crippen molar-refractivity contribution in [3.05, 3.63) is 22.3 Å². The summed E-state index contributed by atoms with van der Waals surface area (Å²) in [6, 6.07) is 3.82. The zero-order valence-corrected chi connectivity index (χ0v) is 13.8. The van der Waals surface area contributed by atoms with Crippen molar-refractivity contribution >= 4 is 44.2 Å². The minimum absolute atomic E-state index is 0.0760. The molecule has 0 aliphatic heterocycles. The van der Waals surface area contributed by atoms with E-state index in [2.05, 4.69) is 56.3 Å². The summed E-state index contributed by atoms with van der Waals surface area (Å²) < 4.78 is 4.99. The summed E-state index contributed by atoms with van der Waals surface area (Å²) >= 11 is 4.79. The van der Waals surface area contributed by atoms with E-state index in [0.717, 1.165) is 31.9 Å². The number of nitrogens with one attached hydrogen (secondary N) is 1. The number of benzene rings is 1. The van der Waals surface area contributed by atoms with Gasteiger partial charge >= 0.3 is 0 Å². The molecule has 1 aromatic carbocycles. The molecule has 3 N–H and O–H groups in total. The minimum Gasteiger partial charge on any atom is -0.397 e. The molecule has 7 heteroatoms. The molecule has 0 aliphatic carbocycles. The number of anilines is 1. The number of nitrogen functional groups attached to an aromatic ring is 1. The molecule has 0 spiro atoms. The van der Waals surface area contributed by atoms with Gasteiger partial charge in [0, 0.05) is 9.89 Å². The van der Waals surface area contributed by atoms with Crippen LogP contribution in [-0.4, -0.2) is 19.6 Å². The lowest BCUT2D eigenvalue weighted by molar-refractivity contribution is 0.568. The standard InChI is InChI=1S/C13H14BrN5S/c1-13(2,3)11-10(20-19-18-11)12-16-8-5-6(14)4-7(15)9(8)17-12/h4-5H,15H2,1-3H3,(H,16,17). The van der Waals surface area contributed by atoms with Crippen LogP contribution in [0.3, 0.4) is 0 Å². The second-order valence-corrected chi connectivity index (χ2v) is 7.35. The van der Waals surface area contributed by atoms with E-state index in [1.54, 1.807) is 0 Å². The highest BCUT2D eigenvalue weighted by Crippen LogP contribution is 2.34. The number of fused-ring (bicyclic) bond motifs is 1. The summed E-state index contributed by atoms with van der Waals surface area (Å²) in [6.07, 6.45) is 0. The van der Waals surface area contributed by atoms with Gasteiger partial charge < -0.3 is 10.7 Å². The molecule has 104 valence electrons. The predicted octanol–water partition coefficient (Wildman–Crippen LogP) is 3.72. The van der Waals surface area contributed by atoms with E-state index >= 15 is 0 Å². The van der Waals surface area contributed by atoms with Crippen LogP contribution in [0.2, 0.25) is 0 Å². The van der Waals surface area contributed by atoms with Crippen molar-refractivity contribution in [3.8, 4) is 10.7 Å². The number of halogens is 1. The van der Waals surface area contributed by atoms with Crippen molar-refractivity contribution in [2.45, 2.75) is 26.2 Å². The van der Waals surface area contributed by atoms with Crippen LogP contribution in [0.1, 0.15) is 26.5 Å². The molecule has 0 unspecified atom stereocenters. The first-order chi connectivity index (χ1) is 9.36. The molecule has 0 saturated heterocycles. The summed E-state index contributed by atoms with van der Waals surface area (Å²) in [6.45, 7) is 6.34. The van der Waals surface area contributed by atoms with Crippen LogP contribution in [0.15, 0.2) is 16.6 Å². The Morgan fingerprint density at radius 3 is 2.75 bits per heavy atom. The topological polar surface area (TPSA) is 80.5 Å². The Morgan fingerprint density at radius 1 is 1.30 bits per heavy atom. The fourth-order valence-corrected chi connectivity index (χ4v) is 3.35. The van der Waals surface area contributed by atoms with Crippen molar-refractivity contribution in [1.29, 1.82) is 0 Å². The Labute approximate surface area is 128 Å². The van der Waals surface area contributed by atoms with E-state index in [-0.39, 0.29) is 5.41 Å². The van der Waals surface area contributed by atoms with Crippen LogP contribution >= 0.6 is 27.5 Å². The Bertz CT molecular complexity index is 784. The summed E-state index contributed by atoms with van der Waals surface area (Å²) in [5, 5.41) is 4.24. The van der Waals surface area contributed by atoms with Crippen molar-refractivity contribution < 1.29 is 0 Å². The zero-order valence-electron chi connectivity index (χ0n) is 11.4. The highest BCUT2D eigenvalue weighted by Gasteiger charge is 2.25. The van der Waals surface area contributed by atoms with Crippen LogP contribution in [0.4, 0.5) is 5.69 Å². The van der Waals surface area contributed by atoms with E-state index in [1.807, 2.05) is 12.1 Å². The zero-order chi connectivity index (χ0) is 14.5. The van der Waals surface area contributed by atoms with Gasteiger partial charge in [-0.1, -0.05) is 41.2 Å². The largest absolute Gasteiger partial charge is 0.397 e. The van der Waals surface area contributed by atoms with Crippen LogP contribution in [-0.2, 0) is 5.41 Å². The lowest BCUT2D eigenvalue weighted by atomic mass is 9.91. The molecule has 5 nitrogen and oxygen atoms in total.